The van der Waals surface area contributed by atoms with Crippen molar-refractivity contribution >= 4 is 5.65 Å². The first kappa shape index (κ1) is 10.7. The quantitative estimate of drug-likeness (QED) is 0.837. The molecule has 3 heterocycles. The first-order valence-electron chi connectivity index (χ1n) is 5.87. The summed E-state index contributed by atoms with van der Waals surface area (Å²) in [5, 5.41) is 3.32. The summed E-state index contributed by atoms with van der Waals surface area (Å²) in [7, 11) is 0. The molecule has 0 atom stereocenters. The standard InChI is InChI=1S/C12H15FN4/c13-10-1-2-12-15-7-11(17(12)8-10)9-16-5-3-14-4-6-16/h1-2,7-8,14H,3-6,9H2. The Bertz CT molecular complexity index is 516. The normalized spacial score (nSPS) is 17.7. The van der Waals surface area contributed by atoms with E-state index in [4.69, 9.17) is 0 Å². The van der Waals surface area contributed by atoms with Gasteiger partial charge >= 0.3 is 0 Å². The van der Waals surface area contributed by atoms with Crippen molar-refractivity contribution < 1.29 is 4.39 Å². The molecule has 2 aromatic heterocycles. The molecule has 3 rings (SSSR count). The monoisotopic (exact) mass is 234 g/mol. The second kappa shape index (κ2) is 4.43. The van der Waals surface area contributed by atoms with Gasteiger partial charge in [0.15, 0.2) is 0 Å². The molecule has 1 aliphatic rings. The molecule has 0 spiro atoms. The van der Waals surface area contributed by atoms with Crippen LogP contribution in [0.5, 0.6) is 0 Å². The van der Waals surface area contributed by atoms with Crippen LogP contribution in [0.15, 0.2) is 24.5 Å². The molecular formula is C12H15FN4. The molecule has 5 heteroatoms. The van der Waals surface area contributed by atoms with Gasteiger partial charge in [0.25, 0.3) is 0 Å². The molecule has 90 valence electrons. The Hall–Kier alpha value is -1.46. The molecule has 4 nitrogen and oxygen atoms in total. The average molecular weight is 234 g/mol. The topological polar surface area (TPSA) is 32.6 Å². The highest BCUT2D eigenvalue weighted by molar-refractivity contribution is 5.40. The number of nitrogens with one attached hydrogen (secondary N) is 1. The fourth-order valence-electron chi connectivity index (χ4n) is 2.22. The molecule has 0 radical (unpaired) electrons. The van der Waals surface area contributed by atoms with E-state index in [1.807, 2.05) is 10.6 Å². The van der Waals surface area contributed by atoms with Gasteiger partial charge in [-0.05, 0) is 12.1 Å². The number of nitrogens with zero attached hydrogens (tertiary/aromatic N) is 3. The van der Waals surface area contributed by atoms with Gasteiger partial charge in [-0.2, -0.15) is 0 Å². The average Bonchev–Trinajstić information content (AvgIpc) is 2.73. The Morgan fingerprint density at radius 2 is 2.12 bits per heavy atom. The van der Waals surface area contributed by atoms with Gasteiger partial charge in [-0.25, -0.2) is 9.37 Å². The highest BCUT2D eigenvalue weighted by atomic mass is 19.1. The predicted octanol–water partition coefficient (Wildman–Crippen LogP) is 0.879. The van der Waals surface area contributed by atoms with E-state index < -0.39 is 0 Å². The number of halogens is 1. The van der Waals surface area contributed by atoms with Gasteiger partial charge in [0.1, 0.15) is 11.5 Å². The zero-order valence-electron chi connectivity index (χ0n) is 9.56. The highest BCUT2D eigenvalue weighted by Gasteiger charge is 2.12. The summed E-state index contributed by atoms with van der Waals surface area (Å²) in [5.41, 5.74) is 1.85. The van der Waals surface area contributed by atoms with Gasteiger partial charge in [0.2, 0.25) is 0 Å². The minimum atomic E-state index is -0.225. The molecule has 1 N–H and O–H groups in total. The molecule has 0 unspecified atom stereocenters. The molecule has 2 aromatic rings. The zero-order chi connectivity index (χ0) is 11.7. The van der Waals surface area contributed by atoms with Crippen molar-refractivity contribution in [1.82, 2.24) is 19.6 Å². The molecule has 1 aliphatic heterocycles. The van der Waals surface area contributed by atoms with Crippen molar-refractivity contribution in [3.8, 4) is 0 Å². The van der Waals surface area contributed by atoms with E-state index >= 15 is 0 Å². The molecule has 1 fully saturated rings. The summed E-state index contributed by atoms with van der Waals surface area (Å²) in [6.45, 7) is 4.92. The van der Waals surface area contributed by atoms with Crippen LogP contribution in [0.1, 0.15) is 5.69 Å². The third kappa shape index (κ3) is 2.16. The third-order valence-electron chi connectivity index (χ3n) is 3.14. The second-order valence-electron chi connectivity index (χ2n) is 4.35. The van der Waals surface area contributed by atoms with Crippen LogP contribution in [0.25, 0.3) is 5.65 Å². The first-order chi connectivity index (χ1) is 8.33. The second-order valence-corrected chi connectivity index (χ2v) is 4.35. The maximum Gasteiger partial charge on any atom is 0.139 e. The number of hydrogen-bond donors (Lipinski definition) is 1. The molecule has 0 bridgehead atoms. The fourth-order valence-corrected chi connectivity index (χ4v) is 2.22. The van der Waals surface area contributed by atoms with Gasteiger partial charge in [0.05, 0.1) is 11.9 Å². The summed E-state index contributed by atoms with van der Waals surface area (Å²) in [6, 6.07) is 3.15. The number of pyridine rings is 1. The smallest absolute Gasteiger partial charge is 0.139 e. The Kier molecular flexibility index (Phi) is 2.78. The highest BCUT2D eigenvalue weighted by Crippen LogP contribution is 2.11. The van der Waals surface area contributed by atoms with Gasteiger partial charge in [0, 0.05) is 38.9 Å². The Labute approximate surface area is 99.1 Å². The van der Waals surface area contributed by atoms with Crippen LogP contribution in [0, 0.1) is 5.82 Å². The van der Waals surface area contributed by atoms with Crippen molar-refractivity contribution in [2.75, 3.05) is 26.2 Å². The summed E-state index contributed by atoms with van der Waals surface area (Å²) in [4.78, 5) is 6.63. The molecule has 1 saturated heterocycles. The number of rotatable bonds is 2. The van der Waals surface area contributed by atoms with Crippen molar-refractivity contribution in [3.05, 3.63) is 36.0 Å². The van der Waals surface area contributed by atoms with Gasteiger partial charge in [-0.3, -0.25) is 9.30 Å². The summed E-state index contributed by atoms with van der Waals surface area (Å²) in [6.07, 6.45) is 3.33. The lowest BCUT2D eigenvalue weighted by Crippen LogP contribution is -2.43. The summed E-state index contributed by atoms with van der Waals surface area (Å²) < 4.78 is 15.0. The SMILES string of the molecule is Fc1ccc2ncc(CN3CCNCC3)n2c1. The number of hydrogen-bond acceptors (Lipinski definition) is 3. The third-order valence-corrected chi connectivity index (χ3v) is 3.14. The number of fused-ring (bicyclic) bond motifs is 1. The van der Waals surface area contributed by atoms with E-state index in [9.17, 15) is 4.39 Å². The number of aromatic nitrogens is 2. The predicted molar refractivity (Wildman–Crippen MR) is 63.3 cm³/mol. The molecule has 0 aliphatic carbocycles. The van der Waals surface area contributed by atoms with Gasteiger partial charge in [-0.1, -0.05) is 0 Å². The van der Waals surface area contributed by atoms with Crippen molar-refractivity contribution in [2.24, 2.45) is 0 Å². The minimum Gasteiger partial charge on any atom is -0.314 e. The van der Waals surface area contributed by atoms with Crippen LogP contribution in [-0.4, -0.2) is 40.5 Å². The molecule has 0 saturated carbocycles. The number of imidazole rings is 1. The summed E-state index contributed by atoms with van der Waals surface area (Å²) >= 11 is 0. The minimum absolute atomic E-state index is 0.225. The van der Waals surface area contributed by atoms with E-state index in [0.29, 0.717) is 0 Å². The molecule has 17 heavy (non-hydrogen) atoms. The lowest BCUT2D eigenvalue weighted by molar-refractivity contribution is 0.230. The van der Waals surface area contributed by atoms with Gasteiger partial charge in [-0.15, -0.1) is 0 Å². The van der Waals surface area contributed by atoms with Crippen LogP contribution < -0.4 is 5.32 Å². The van der Waals surface area contributed by atoms with Crippen LogP contribution in [0.4, 0.5) is 4.39 Å². The lowest BCUT2D eigenvalue weighted by Gasteiger charge is -2.26. The Morgan fingerprint density at radius 1 is 1.29 bits per heavy atom. The van der Waals surface area contributed by atoms with Crippen LogP contribution in [-0.2, 0) is 6.54 Å². The Morgan fingerprint density at radius 3 is 2.94 bits per heavy atom. The van der Waals surface area contributed by atoms with E-state index in [1.54, 1.807) is 6.07 Å². The van der Waals surface area contributed by atoms with Crippen molar-refractivity contribution in [1.29, 1.82) is 0 Å². The molecule has 0 amide bonds. The van der Waals surface area contributed by atoms with Crippen LogP contribution in [0.3, 0.4) is 0 Å². The zero-order valence-corrected chi connectivity index (χ0v) is 9.56. The van der Waals surface area contributed by atoms with Crippen molar-refractivity contribution in [2.45, 2.75) is 6.54 Å². The first-order valence-corrected chi connectivity index (χ1v) is 5.87. The van der Waals surface area contributed by atoms with E-state index in [1.165, 1.54) is 12.3 Å². The van der Waals surface area contributed by atoms with Crippen LogP contribution in [0.2, 0.25) is 0 Å². The summed E-state index contributed by atoms with van der Waals surface area (Å²) in [5.74, 6) is -0.225. The van der Waals surface area contributed by atoms with Gasteiger partial charge < -0.3 is 5.32 Å². The molecular weight excluding hydrogens is 219 g/mol. The lowest BCUT2D eigenvalue weighted by atomic mass is 10.3. The molecule has 0 aromatic carbocycles. The van der Waals surface area contributed by atoms with Crippen molar-refractivity contribution in [3.63, 3.8) is 0 Å². The van der Waals surface area contributed by atoms with Crippen LogP contribution >= 0.6 is 0 Å². The number of piperazine rings is 1. The maximum absolute atomic E-state index is 13.2. The largest absolute Gasteiger partial charge is 0.314 e. The fraction of sp³-hybridized carbons (Fsp3) is 0.417. The Balaban J connectivity index is 1.86. The van der Waals surface area contributed by atoms with E-state index in [0.717, 1.165) is 44.1 Å². The van der Waals surface area contributed by atoms with E-state index in [-0.39, 0.29) is 5.82 Å². The maximum atomic E-state index is 13.2. The van der Waals surface area contributed by atoms with E-state index in [2.05, 4.69) is 15.2 Å².